The minimum Gasteiger partial charge on any atom is -0.298 e. The van der Waals surface area contributed by atoms with Crippen LogP contribution in [0.2, 0.25) is 10.0 Å². The topological polar surface area (TPSA) is 78.5 Å². The maximum atomic E-state index is 14.8. The first-order valence-corrected chi connectivity index (χ1v) is 13.4. The quantitative estimate of drug-likeness (QED) is 0.250. The molecule has 0 N–H and O–H groups in total. The number of aryl methyl sites for hydroxylation is 8. The molecule has 0 saturated carbocycles. The zero-order valence-corrected chi connectivity index (χ0v) is 24.7. The summed E-state index contributed by atoms with van der Waals surface area (Å²) >= 11 is 13.7. The standard InChI is InChI=1S/C29H34Cl2N6O/c1-15-11-25(30)27(21(7)32-15)23(13-36-19(5)9-17(3)34-36)29(38)24(14-37-20(6)10-18(4)35-37)28-22(8)33-16(2)12-26(28)31/h9-12,23-24H,13-14H2,1-8H3. The second-order valence-corrected chi connectivity index (χ2v) is 11.0. The molecule has 0 aliphatic heterocycles. The molecule has 4 rings (SSSR count). The molecule has 0 amide bonds. The maximum Gasteiger partial charge on any atom is 0.151 e. The van der Waals surface area contributed by atoms with E-state index in [0.717, 1.165) is 45.6 Å². The summed E-state index contributed by atoms with van der Waals surface area (Å²) in [7, 11) is 0. The Morgan fingerprint density at radius 3 is 1.32 bits per heavy atom. The number of pyridine rings is 2. The first-order chi connectivity index (χ1) is 17.8. The number of ketones is 1. The summed E-state index contributed by atoms with van der Waals surface area (Å²) in [5.41, 5.74) is 8.19. The van der Waals surface area contributed by atoms with Crippen LogP contribution in [0.4, 0.5) is 0 Å². The van der Waals surface area contributed by atoms with Gasteiger partial charge in [-0.15, -0.1) is 0 Å². The Morgan fingerprint density at radius 2 is 1.03 bits per heavy atom. The summed E-state index contributed by atoms with van der Waals surface area (Å²) in [4.78, 5) is 24.1. The smallest absolute Gasteiger partial charge is 0.151 e. The van der Waals surface area contributed by atoms with E-state index in [9.17, 15) is 4.79 Å². The molecule has 9 heteroatoms. The van der Waals surface area contributed by atoms with Crippen molar-refractivity contribution in [3.05, 3.63) is 91.0 Å². The van der Waals surface area contributed by atoms with E-state index in [-0.39, 0.29) is 5.78 Å². The number of carbonyl (C=O) groups is 1. The zero-order chi connectivity index (χ0) is 27.9. The number of nitrogens with zero attached hydrogens (tertiary/aromatic N) is 6. The predicted molar refractivity (Wildman–Crippen MR) is 151 cm³/mol. The summed E-state index contributed by atoms with van der Waals surface area (Å²) in [5.74, 6) is -1.27. The van der Waals surface area contributed by atoms with Crippen molar-refractivity contribution in [2.45, 2.75) is 80.3 Å². The molecule has 4 aromatic rings. The highest BCUT2D eigenvalue weighted by Gasteiger charge is 2.36. The van der Waals surface area contributed by atoms with Gasteiger partial charge in [0.2, 0.25) is 0 Å². The molecule has 7 nitrogen and oxygen atoms in total. The first-order valence-electron chi connectivity index (χ1n) is 12.7. The molecule has 0 aromatic carbocycles. The van der Waals surface area contributed by atoms with Gasteiger partial charge >= 0.3 is 0 Å². The molecule has 0 radical (unpaired) electrons. The Bertz CT molecular complexity index is 1360. The number of hydrogen-bond acceptors (Lipinski definition) is 5. The van der Waals surface area contributed by atoms with Gasteiger partial charge in [-0.25, -0.2) is 0 Å². The van der Waals surface area contributed by atoms with E-state index in [1.807, 2.05) is 89.0 Å². The van der Waals surface area contributed by atoms with Crippen LogP contribution in [0, 0.1) is 55.4 Å². The summed E-state index contributed by atoms with van der Waals surface area (Å²) in [6, 6.07) is 7.63. The molecule has 0 saturated heterocycles. The number of carbonyl (C=O) groups excluding carboxylic acids is 1. The zero-order valence-electron chi connectivity index (χ0n) is 23.2. The molecule has 0 aliphatic carbocycles. The van der Waals surface area contributed by atoms with Crippen LogP contribution in [-0.4, -0.2) is 35.3 Å². The van der Waals surface area contributed by atoms with Gasteiger partial charge in [-0.2, -0.15) is 10.2 Å². The number of hydrogen-bond donors (Lipinski definition) is 0. The summed E-state index contributed by atoms with van der Waals surface area (Å²) in [5, 5.41) is 10.4. The Kier molecular flexibility index (Phi) is 8.09. The van der Waals surface area contributed by atoms with E-state index in [1.165, 1.54) is 0 Å². The van der Waals surface area contributed by atoms with E-state index in [1.54, 1.807) is 0 Å². The van der Waals surface area contributed by atoms with Gasteiger partial charge in [-0.3, -0.25) is 24.1 Å². The fourth-order valence-electron chi connectivity index (χ4n) is 5.37. The van der Waals surface area contributed by atoms with E-state index in [2.05, 4.69) is 20.2 Å². The molecule has 4 heterocycles. The maximum absolute atomic E-state index is 14.8. The first kappa shape index (κ1) is 28.0. The van der Waals surface area contributed by atoms with Crippen molar-refractivity contribution in [1.29, 1.82) is 0 Å². The van der Waals surface area contributed by atoms with Crippen molar-refractivity contribution in [1.82, 2.24) is 29.5 Å². The molecular formula is C29H34Cl2N6O. The van der Waals surface area contributed by atoms with Gasteiger partial charge in [0.1, 0.15) is 0 Å². The van der Waals surface area contributed by atoms with Crippen LogP contribution in [0.1, 0.15) is 68.5 Å². The minimum atomic E-state index is -0.618. The lowest BCUT2D eigenvalue weighted by Gasteiger charge is -2.27. The van der Waals surface area contributed by atoms with Crippen LogP contribution >= 0.6 is 23.2 Å². The largest absolute Gasteiger partial charge is 0.298 e. The number of Topliss-reactive ketones (excluding diaryl/α,β-unsaturated/α-hetero) is 1. The molecule has 2 unspecified atom stereocenters. The van der Waals surface area contributed by atoms with Crippen molar-refractivity contribution in [2.75, 3.05) is 0 Å². The lowest BCUT2D eigenvalue weighted by Crippen LogP contribution is -2.30. The normalized spacial score (nSPS) is 13.1. The van der Waals surface area contributed by atoms with Crippen molar-refractivity contribution >= 4 is 29.0 Å². The Morgan fingerprint density at radius 1 is 0.658 bits per heavy atom. The summed E-state index contributed by atoms with van der Waals surface area (Å²) in [6.07, 6.45) is 0. The molecular weight excluding hydrogens is 519 g/mol. The van der Waals surface area contributed by atoms with Crippen LogP contribution < -0.4 is 0 Å². The van der Waals surface area contributed by atoms with Crippen LogP contribution in [-0.2, 0) is 17.9 Å². The van der Waals surface area contributed by atoms with E-state index in [0.29, 0.717) is 34.3 Å². The Hall–Kier alpha value is -3.03. The fourth-order valence-corrected chi connectivity index (χ4v) is 6.23. The van der Waals surface area contributed by atoms with Gasteiger partial charge in [0.05, 0.1) is 36.3 Å². The molecule has 0 bridgehead atoms. The lowest BCUT2D eigenvalue weighted by molar-refractivity contribution is -0.122. The Balaban J connectivity index is 1.92. The van der Waals surface area contributed by atoms with Crippen molar-refractivity contribution in [3.63, 3.8) is 0 Å². The molecule has 38 heavy (non-hydrogen) atoms. The van der Waals surface area contributed by atoms with E-state index in [4.69, 9.17) is 23.2 Å². The van der Waals surface area contributed by atoms with Gasteiger partial charge in [0, 0.05) is 55.3 Å². The van der Waals surface area contributed by atoms with Gasteiger partial charge in [0.15, 0.2) is 5.78 Å². The molecule has 0 fully saturated rings. The highest BCUT2D eigenvalue weighted by atomic mass is 35.5. The average molecular weight is 554 g/mol. The molecule has 2 atom stereocenters. The van der Waals surface area contributed by atoms with Crippen LogP contribution in [0.15, 0.2) is 24.3 Å². The van der Waals surface area contributed by atoms with Crippen molar-refractivity contribution in [2.24, 2.45) is 0 Å². The van der Waals surface area contributed by atoms with Crippen LogP contribution in [0.25, 0.3) is 0 Å². The molecule has 4 aromatic heterocycles. The van der Waals surface area contributed by atoms with Crippen molar-refractivity contribution in [3.8, 4) is 0 Å². The molecule has 0 spiro atoms. The van der Waals surface area contributed by atoms with Gasteiger partial charge < -0.3 is 0 Å². The van der Waals surface area contributed by atoms with Gasteiger partial charge in [-0.1, -0.05) is 23.2 Å². The van der Waals surface area contributed by atoms with Crippen molar-refractivity contribution < 1.29 is 4.79 Å². The summed E-state index contributed by atoms with van der Waals surface area (Å²) < 4.78 is 3.74. The highest BCUT2D eigenvalue weighted by Crippen LogP contribution is 2.38. The lowest BCUT2D eigenvalue weighted by atomic mass is 9.82. The third-order valence-electron chi connectivity index (χ3n) is 6.96. The third kappa shape index (κ3) is 5.69. The minimum absolute atomic E-state index is 0.0311. The average Bonchev–Trinajstić information content (AvgIpc) is 3.28. The Labute approximate surface area is 234 Å². The molecule has 0 aliphatic rings. The van der Waals surface area contributed by atoms with E-state index < -0.39 is 11.8 Å². The molecule has 200 valence electrons. The van der Waals surface area contributed by atoms with Crippen LogP contribution in [0.5, 0.6) is 0 Å². The second-order valence-electron chi connectivity index (χ2n) is 10.2. The van der Waals surface area contributed by atoms with E-state index >= 15 is 0 Å². The number of aromatic nitrogens is 6. The summed E-state index contributed by atoms with van der Waals surface area (Å²) in [6.45, 7) is 16.1. The highest BCUT2D eigenvalue weighted by molar-refractivity contribution is 6.32. The number of halogens is 2. The monoisotopic (exact) mass is 552 g/mol. The SMILES string of the molecule is Cc1cc(Cl)c(C(Cn2nc(C)cc2C)C(=O)C(Cn2nc(C)cc2C)c2c(Cl)cc(C)nc2C)c(C)n1. The third-order valence-corrected chi connectivity index (χ3v) is 7.58. The fraction of sp³-hybridized carbons (Fsp3) is 0.414. The van der Waals surface area contributed by atoms with Gasteiger partial charge in [0.25, 0.3) is 0 Å². The second kappa shape index (κ2) is 11.0. The van der Waals surface area contributed by atoms with Crippen LogP contribution in [0.3, 0.4) is 0 Å². The predicted octanol–water partition coefficient (Wildman–Crippen LogP) is 6.48. The number of rotatable bonds is 8. The van der Waals surface area contributed by atoms with Gasteiger partial charge in [-0.05, 0) is 79.7 Å².